The van der Waals surface area contributed by atoms with Gasteiger partial charge >= 0.3 is 0 Å². The summed E-state index contributed by atoms with van der Waals surface area (Å²) in [7, 11) is 0. The lowest BCUT2D eigenvalue weighted by atomic mass is 10.0. The molecular formula is C11H11N2OS-. The Labute approximate surface area is 91.8 Å². The fourth-order valence-corrected chi connectivity index (χ4v) is 3.04. The van der Waals surface area contributed by atoms with Crippen LogP contribution < -0.4 is 0 Å². The summed E-state index contributed by atoms with van der Waals surface area (Å²) in [6.07, 6.45) is 5.49. The number of nitrogens with zero attached hydrogens (tertiary/aromatic N) is 1. The van der Waals surface area contributed by atoms with Crippen molar-refractivity contribution in [2.75, 3.05) is 0 Å². The number of fused-ring (bicyclic) bond motifs is 1. The Morgan fingerprint density at radius 1 is 1.60 bits per heavy atom. The van der Waals surface area contributed by atoms with Crippen LogP contribution in [0.25, 0.3) is 10.7 Å². The van der Waals surface area contributed by atoms with Crippen molar-refractivity contribution in [2.24, 2.45) is 0 Å². The standard InChI is InChI=1S/C11H11N2OS/c14-9-5-1-3-7-10(9)15-11(13-7)8-4-2-6-12-8/h2,4,9,12,14H,1,3,5H2/q-1. The number of aromatic nitrogens is 2. The summed E-state index contributed by atoms with van der Waals surface area (Å²) in [6.45, 7) is 0. The average molecular weight is 219 g/mol. The van der Waals surface area contributed by atoms with E-state index < -0.39 is 0 Å². The van der Waals surface area contributed by atoms with E-state index >= 15 is 0 Å². The maximum absolute atomic E-state index is 9.82. The number of aromatic amines is 1. The Balaban J connectivity index is 2.06. The molecule has 1 aliphatic carbocycles. The van der Waals surface area contributed by atoms with Gasteiger partial charge in [0.25, 0.3) is 0 Å². The fourth-order valence-electron chi connectivity index (χ4n) is 1.92. The van der Waals surface area contributed by atoms with Gasteiger partial charge in [0, 0.05) is 0 Å². The van der Waals surface area contributed by atoms with Crippen LogP contribution in [0, 0.1) is 6.20 Å². The predicted octanol–water partition coefficient (Wildman–Crippen LogP) is 2.31. The van der Waals surface area contributed by atoms with Crippen molar-refractivity contribution in [3.8, 4) is 10.7 Å². The van der Waals surface area contributed by atoms with Crippen molar-refractivity contribution < 1.29 is 5.11 Å². The van der Waals surface area contributed by atoms with Crippen molar-refractivity contribution in [2.45, 2.75) is 25.4 Å². The van der Waals surface area contributed by atoms with E-state index in [-0.39, 0.29) is 6.10 Å². The third-order valence-electron chi connectivity index (χ3n) is 2.69. The highest BCUT2D eigenvalue weighted by Crippen LogP contribution is 2.37. The first-order valence-corrected chi connectivity index (χ1v) is 5.89. The highest BCUT2D eigenvalue weighted by Gasteiger charge is 2.21. The molecule has 2 heterocycles. The summed E-state index contributed by atoms with van der Waals surface area (Å²) in [5, 5.41) is 10.8. The molecule has 4 heteroatoms. The van der Waals surface area contributed by atoms with E-state index in [0.29, 0.717) is 0 Å². The van der Waals surface area contributed by atoms with Gasteiger partial charge in [0.2, 0.25) is 0 Å². The van der Waals surface area contributed by atoms with Gasteiger partial charge in [0.1, 0.15) is 0 Å². The number of hydrogen-bond donors (Lipinski definition) is 2. The first-order valence-electron chi connectivity index (χ1n) is 5.07. The first kappa shape index (κ1) is 9.12. The lowest BCUT2D eigenvalue weighted by Gasteiger charge is -2.14. The molecule has 0 saturated carbocycles. The van der Waals surface area contributed by atoms with Crippen molar-refractivity contribution in [3.05, 3.63) is 28.9 Å². The minimum Gasteiger partial charge on any atom is -0.476 e. The molecular weight excluding hydrogens is 208 g/mol. The lowest BCUT2D eigenvalue weighted by molar-refractivity contribution is 0.160. The van der Waals surface area contributed by atoms with Crippen LogP contribution in [0.15, 0.2) is 12.1 Å². The molecule has 3 rings (SSSR count). The van der Waals surface area contributed by atoms with Crippen molar-refractivity contribution >= 4 is 11.3 Å². The number of rotatable bonds is 1. The molecule has 1 atom stereocenters. The minimum absolute atomic E-state index is 0.307. The van der Waals surface area contributed by atoms with E-state index in [1.807, 2.05) is 12.1 Å². The van der Waals surface area contributed by atoms with Gasteiger partial charge < -0.3 is 10.1 Å². The SMILES string of the molecule is OC1CCCc2nc(-c3cc[c-][nH]3)sc21. The van der Waals surface area contributed by atoms with Crippen LogP contribution >= 0.6 is 11.3 Å². The summed E-state index contributed by atoms with van der Waals surface area (Å²) in [5.74, 6) is 0. The van der Waals surface area contributed by atoms with Crippen LogP contribution in [0.4, 0.5) is 0 Å². The number of thiazole rings is 1. The zero-order chi connectivity index (χ0) is 10.3. The summed E-state index contributed by atoms with van der Waals surface area (Å²) in [4.78, 5) is 8.62. The van der Waals surface area contributed by atoms with Crippen molar-refractivity contribution in [1.29, 1.82) is 0 Å². The van der Waals surface area contributed by atoms with Gasteiger partial charge in [-0.25, -0.2) is 0 Å². The van der Waals surface area contributed by atoms with Crippen LogP contribution in [0.3, 0.4) is 0 Å². The second kappa shape index (κ2) is 3.47. The zero-order valence-electron chi connectivity index (χ0n) is 8.16. The van der Waals surface area contributed by atoms with Gasteiger partial charge in [-0.05, 0) is 19.3 Å². The van der Waals surface area contributed by atoms with Gasteiger partial charge in [-0.3, -0.25) is 4.98 Å². The molecule has 0 amide bonds. The first-order chi connectivity index (χ1) is 7.34. The Bertz CT molecular complexity index is 461. The Kier molecular flexibility index (Phi) is 2.11. The smallest absolute Gasteiger partial charge is 0.0900 e. The second-order valence-corrected chi connectivity index (χ2v) is 4.78. The third kappa shape index (κ3) is 1.50. The molecule has 15 heavy (non-hydrogen) atoms. The quantitative estimate of drug-likeness (QED) is 0.723. The highest BCUT2D eigenvalue weighted by molar-refractivity contribution is 7.15. The molecule has 2 N–H and O–H groups in total. The molecule has 2 aromatic heterocycles. The number of aryl methyl sites for hydroxylation is 1. The molecule has 78 valence electrons. The molecule has 0 fully saturated rings. The monoisotopic (exact) mass is 219 g/mol. The topological polar surface area (TPSA) is 48.9 Å². The number of aliphatic hydroxyl groups is 1. The Morgan fingerprint density at radius 2 is 2.53 bits per heavy atom. The molecule has 1 unspecified atom stereocenters. The van der Waals surface area contributed by atoms with E-state index in [1.165, 1.54) is 0 Å². The summed E-state index contributed by atoms with van der Waals surface area (Å²) >= 11 is 1.59. The summed E-state index contributed by atoms with van der Waals surface area (Å²) in [6, 6.07) is 3.79. The normalized spacial score (nSPS) is 20.2. The zero-order valence-corrected chi connectivity index (χ0v) is 8.97. The molecule has 3 nitrogen and oxygen atoms in total. The maximum Gasteiger partial charge on any atom is 0.0900 e. The number of aliphatic hydroxyl groups excluding tert-OH is 1. The van der Waals surface area contributed by atoms with Gasteiger partial charge in [-0.1, -0.05) is 5.69 Å². The van der Waals surface area contributed by atoms with Gasteiger partial charge in [-0.15, -0.1) is 17.5 Å². The number of nitrogens with one attached hydrogen (secondary N) is 1. The van der Waals surface area contributed by atoms with E-state index in [2.05, 4.69) is 16.2 Å². The average Bonchev–Trinajstić information content (AvgIpc) is 2.86. The number of H-pyrrole nitrogens is 1. The molecule has 0 aromatic carbocycles. The summed E-state index contributed by atoms with van der Waals surface area (Å²) in [5.41, 5.74) is 2.06. The largest absolute Gasteiger partial charge is 0.476 e. The van der Waals surface area contributed by atoms with Crippen LogP contribution in [-0.4, -0.2) is 15.1 Å². The third-order valence-corrected chi connectivity index (χ3v) is 3.92. The highest BCUT2D eigenvalue weighted by atomic mass is 32.1. The van der Waals surface area contributed by atoms with Crippen LogP contribution in [0.2, 0.25) is 0 Å². The number of hydrogen-bond acceptors (Lipinski definition) is 3. The second-order valence-electron chi connectivity index (χ2n) is 3.75. The molecule has 0 bridgehead atoms. The van der Waals surface area contributed by atoms with Gasteiger partial charge in [0.05, 0.1) is 21.7 Å². The fraction of sp³-hybridized carbons (Fsp3) is 0.364. The van der Waals surface area contributed by atoms with Crippen LogP contribution in [0.1, 0.15) is 29.5 Å². The minimum atomic E-state index is -0.307. The van der Waals surface area contributed by atoms with E-state index in [4.69, 9.17) is 0 Å². The predicted molar refractivity (Wildman–Crippen MR) is 58.6 cm³/mol. The Hall–Kier alpha value is -1.13. The molecule has 0 radical (unpaired) electrons. The molecule has 0 aliphatic heterocycles. The maximum atomic E-state index is 9.82. The van der Waals surface area contributed by atoms with E-state index in [9.17, 15) is 5.11 Å². The van der Waals surface area contributed by atoms with Crippen LogP contribution in [-0.2, 0) is 6.42 Å². The van der Waals surface area contributed by atoms with Crippen molar-refractivity contribution in [3.63, 3.8) is 0 Å². The molecule has 0 spiro atoms. The van der Waals surface area contributed by atoms with E-state index in [0.717, 1.165) is 40.5 Å². The van der Waals surface area contributed by atoms with Crippen molar-refractivity contribution in [1.82, 2.24) is 9.97 Å². The lowest BCUT2D eigenvalue weighted by Crippen LogP contribution is -2.06. The van der Waals surface area contributed by atoms with E-state index in [1.54, 1.807) is 11.3 Å². The Morgan fingerprint density at radius 3 is 3.27 bits per heavy atom. The molecule has 2 aromatic rings. The van der Waals surface area contributed by atoms with Gasteiger partial charge in [-0.2, -0.15) is 12.1 Å². The molecule has 1 aliphatic rings. The summed E-state index contributed by atoms with van der Waals surface area (Å²) < 4.78 is 0. The molecule has 0 saturated heterocycles. The van der Waals surface area contributed by atoms with Gasteiger partial charge in [0.15, 0.2) is 0 Å². The van der Waals surface area contributed by atoms with Crippen LogP contribution in [0.5, 0.6) is 0 Å².